The van der Waals surface area contributed by atoms with Crippen molar-refractivity contribution in [2.75, 3.05) is 25.5 Å². The summed E-state index contributed by atoms with van der Waals surface area (Å²) in [6.07, 6.45) is 9.03. The van der Waals surface area contributed by atoms with Crippen molar-refractivity contribution in [1.29, 1.82) is 0 Å². The fraction of sp³-hybridized carbons (Fsp3) is 0.412. The van der Waals surface area contributed by atoms with Gasteiger partial charge in [-0.15, -0.1) is 11.8 Å². The topological polar surface area (TPSA) is 81.1 Å². The van der Waals surface area contributed by atoms with Gasteiger partial charge in [-0.1, -0.05) is 36.4 Å². The van der Waals surface area contributed by atoms with Gasteiger partial charge in [-0.05, 0) is 33.2 Å². The Bertz CT molecular complexity index is 739. The van der Waals surface area contributed by atoms with Gasteiger partial charge in [0.15, 0.2) is 0 Å². The lowest BCUT2D eigenvalue weighted by Crippen LogP contribution is -2.49. The average Bonchev–Trinajstić information content (AvgIpc) is 2.52. The van der Waals surface area contributed by atoms with Crippen LogP contribution in [-0.4, -0.2) is 60.4 Å². The summed E-state index contributed by atoms with van der Waals surface area (Å²) in [7, 11) is -0.354. The van der Waals surface area contributed by atoms with E-state index in [-0.39, 0.29) is 0 Å². The van der Waals surface area contributed by atoms with Crippen LogP contribution in [0.5, 0.6) is 0 Å². The molecule has 138 valence electrons. The average molecular weight is 385 g/mol. The molecule has 0 aromatic heterocycles. The number of hydrogen-bond acceptors (Lipinski definition) is 5. The maximum absolute atomic E-state index is 8.74. The second-order valence-electron chi connectivity index (χ2n) is 6.22. The first kappa shape index (κ1) is 20.0. The molecule has 0 fully saturated rings. The van der Waals surface area contributed by atoms with E-state index in [1.54, 1.807) is 0 Å². The van der Waals surface area contributed by atoms with Gasteiger partial charge in [-0.25, -0.2) is 0 Å². The molecule has 1 aliphatic carbocycles. The van der Waals surface area contributed by atoms with Gasteiger partial charge in [-0.2, -0.15) is 8.42 Å². The SMILES string of the molecule is CC(CN1c2ccccc2SC2C=CC=CC21)N(C)C.O=S(=O)(O)O. The Morgan fingerprint density at radius 1 is 1.20 bits per heavy atom. The van der Waals surface area contributed by atoms with Crippen molar-refractivity contribution < 1.29 is 17.5 Å². The molecule has 25 heavy (non-hydrogen) atoms. The summed E-state index contributed by atoms with van der Waals surface area (Å²) in [5, 5.41) is 0.532. The molecule has 3 rings (SSSR count). The van der Waals surface area contributed by atoms with Crippen molar-refractivity contribution in [2.45, 2.75) is 29.2 Å². The van der Waals surface area contributed by atoms with Gasteiger partial charge in [0.1, 0.15) is 0 Å². The molecule has 3 atom stereocenters. The molecular formula is C17H24N2O4S2. The van der Waals surface area contributed by atoms with Gasteiger partial charge < -0.3 is 9.80 Å². The van der Waals surface area contributed by atoms with Crippen LogP contribution in [0, 0.1) is 0 Å². The Labute approximate surface area is 153 Å². The Hall–Kier alpha value is -1.32. The normalized spacial score (nSPS) is 22.7. The molecule has 2 N–H and O–H groups in total. The van der Waals surface area contributed by atoms with Crippen LogP contribution in [0.4, 0.5) is 5.69 Å². The van der Waals surface area contributed by atoms with Crippen molar-refractivity contribution in [2.24, 2.45) is 0 Å². The van der Waals surface area contributed by atoms with Crippen LogP contribution in [0.25, 0.3) is 0 Å². The zero-order chi connectivity index (χ0) is 18.6. The molecule has 1 aromatic rings. The largest absolute Gasteiger partial charge is 0.394 e. The smallest absolute Gasteiger partial charge is 0.361 e. The van der Waals surface area contributed by atoms with Crippen LogP contribution in [0.3, 0.4) is 0 Å². The maximum Gasteiger partial charge on any atom is 0.394 e. The number of likely N-dealkylation sites (N-methyl/N-ethyl adjacent to an activating group) is 1. The van der Waals surface area contributed by atoms with Crippen LogP contribution >= 0.6 is 11.8 Å². The minimum absolute atomic E-state index is 0.474. The number of rotatable bonds is 3. The summed E-state index contributed by atoms with van der Waals surface area (Å²) >= 11 is 1.99. The van der Waals surface area contributed by atoms with Gasteiger partial charge in [0.2, 0.25) is 0 Å². The molecule has 6 nitrogen and oxygen atoms in total. The van der Waals surface area contributed by atoms with Crippen molar-refractivity contribution in [1.82, 2.24) is 4.90 Å². The third-order valence-electron chi connectivity index (χ3n) is 4.20. The van der Waals surface area contributed by atoms with Crippen LogP contribution in [0.1, 0.15) is 6.92 Å². The Morgan fingerprint density at radius 3 is 2.44 bits per heavy atom. The van der Waals surface area contributed by atoms with Gasteiger partial charge in [0.05, 0.1) is 17.0 Å². The highest BCUT2D eigenvalue weighted by Crippen LogP contribution is 2.43. The quantitative estimate of drug-likeness (QED) is 0.776. The van der Waals surface area contributed by atoms with Crippen LogP contribution in [-0.2, 0) is 10.4 Å². The first-order chi connectivity index (χ1) is 11.7. The standard InChI is InChI=1S/C17H22N2S.H2O4S/c1-13(18(2)3)12-19-14-8-4-6-10-16(14)20-17-11-7-5-9-15(17)19;1-5(2,3)4/h4-11,13-14,16H,12H2,1-3H3;(H2,1,2,3,4). The number of para-hydroxylation sites is 1. The summed E-state index contributed by atoms with van der Waals surface area (Å²) in [6, 6.07) is 9.80. The molecule has 0 saturated carbocycles. The third kappa shape index (κ3) is 5.86. The predicted molar refractivity (Wildman–Crippen MR) is 103 cm³/mol. The number of fused-ring (bicyclic) bond motifs is 2. The number of hydrogen-bond donors (Lipinski definition) is 2. The zero-order valence-corrected chi connectivity index (χ0v) is 16.1. The van der Waals surface area contributed by atoms with Crippen molar-refractivity contribution in [3.05, 3.63) is 48.6 Å². The van der Waals surface area contributed by atoms with Crippen LogP contribution in [0.15, 0.2) is 53.5 Å². The summed E-state index contributed by atoms with van der Waals surface area (Å²) in [5.74, 6) is 0. The number of anilines is 1. The lowest BCUT2D eigenvalue weighted by atomic mass is 10.0. The molecular weight excluding hydrogens is 360 g/mol. The van der Waals surface area contributed by atoms with E-state index in [0.717, 1.165) is 6.54 Å². The number of nitrogens with zero attached hydrogens (tertiary/aromatic N) is 2. The van der Waals surface area contributed by atoms with E-state index in [1.165, 1.54) is 10.6 Å². The second kappa shape index (κ2) is 8.37. The second-order valence-corrected chi connectivity index (χ2v) is 8.34. The highest BCUT2D eigenvalue weighted by molar-refractivity contribution is 8.00. The van der Waals surface area contributed by atoms with Crippen molar-refractivity contribution in [3.63, 3.8) is 0 Å². The lowest BCUT2D eigenvalue weighted by molar-refractivity contribution is 0.311. The maximum atomic E-state index is 8.74. The van der Waals surface area contributed by atoms with Gasteiger partial charge in [0.25, 0.3) is 0 Å². The Kier molecular flexibility index (Phi) is 6.70. The van der Waals surface area contributed by atoms with E-state index in [1.807, 2.05) is 11.8 Å². The van der Waals surface area contributed by atoms with Crippen LogP contribution in [0.2, 0.25) is 0 Å². The molecule has 0 spiro atoms. The predicted octanol–water partition coefficient (Wildman–Crippen LogP) is 2.76. The molecule has 8 heteroatoms. The summed E-state index contributed by atoms with van der Waals surface area (Å²) in [5.41, 5.74) is 1.38. The van der Waals surface area contributed by atoms with E-state index in [2.05, 4.69) is 79.4 Å². The summed E-state index contributed by atoms with van der Waals surface area (Å²) in [4.78, 5) is 6.27. The van der Waals surface area contributed by atoms with Crippen molar-refractivity contribution in [3.8, 4) is 0 Å². The molecule has 2 aliphatic rings. The van der Waals surface area contributed by atoms with Gasteiger partial charge >= 0.3 is 10.4 Å². The van der Waals surface area contributed by atoms with E-state index in [9.17, 15) is 0 Å². The van der Waals surface area contributed by atoms with Gasteiger partial charge in [0, 0.05) is 17.5 Å². The molecule has 1 aromatic carbocycles. The molecule has 0 radical (unpaired) electrons. The fourth-order valence-corrected chi connectivity index (χ4v) is 4.04. The third-order valence-corrected chi connectivity index (χ3v) is 5.50. The zero-order valence-electron chi connectivity index (χ0n) is 14.5. The van der Waals surface area contributed by atoms with E-state index < -0.39 is 10.4 Å². The molecule has 0 amide bonds. The van der Waals surface area contributed by atoms with E-state index in [0.29, 0.717) is 17.3 Å². The number of thioether (sulfide) groups is 1. The van der Waals surface area contributed by atoms with E-state index >= 15 is 0 Å². The lowest BCUT2D eigenvalue weighted by Gasteiger charge is -2.43. The molecule has 0 bridgehead atoms. The highest BCUT2D eigenvalue weighted by atomic mass is 32.3. The molecule has 0 saturated heterocycles. The number of allylic oxidation sites excluding steroid dienone is 2. The Morgan fingerprint density at radius 2 is 1.80 bits per heavy atom. The molecule has 3 unspecified atom stereocenters. The Balaban J connectivity index is 0.000000399. The number of benzene rings is 1. The highest BCUT2D eigenvalue weighted by Gasteiger charge is 2.33. The van der Waals surface area contributed by atoms with Gasteiger partial charge in [-0.3, -0.25) is 9.11 Å². The fourth-order valence-electron chi connectivity index (χ4n) is 2.73. The summed E-state index contributed by atoms with van der Waals surface area (Å²) < 4.78 is 31.6. The molecule has 1 aliphatic heterocycles. The first-order valence-electron chi connectivity index (χ1n) is 7.90. The monoisotopic (exact) mass is 384 g/mol. The minimum atomic E-state index is -4.67. The minimum Gasteiger partial charge on any atom is -0.361 e. The first-order valence-corrected chi connectivity index (χ1v) is 10.2. The summed E-state index contributed by atoms with van der Waals surface area (Å²) in [6.45, 7) is 3.35. The van der Waals surface area contributed by atoms with Crippen molar-refractivity contribution >= 4 is 27.8 Å². The van der Waals surface area contributed by atoms with E-state index in [4.69, 9.17) is 17.5 Å². The molecule has 1 heterocycles. The van der Waals surface area contributed by atoms with Crippen LogP contribution < -0.4 is 4.90 Å².